The highest BCUT2D eigenvalue weighted by molar-refractivity contribution is 8.03. The molecule has 4 N–H and O–H groups in total. The highest BCUT2D eigenvalue weighted by atomic mass is 32.2. The van der Waals surface area contributed by atoms with E-state index in [2.05, 4.69) is 6.07 Å². The average molecular weight is 343 g/mol. The molecule has 0 aliphatic carbocycles. The highest BCUT2D eigenvalue weighted by Gasteiger charge is 2.10. The van der Waals surface area contributed by atoms with E-state index in [0.29, 0.717) is 16.3 Å². The molecule has 3 nitrogen and oxygen atoms in total. The monoisotopic (exact) mass is 343 g/mol. The number of nitrogens with zero attached hydrogens (tertiary/aromatic N) is 1. The average Bonchev–Trinajstić information content (AvgIpc) is 2.65. The molecular weight excluding hydrogens is 326 g/mol. The molecule has 0 heterocycles. The number of hydrogen-bond donors (Lipinski definition) is 2. The van der Waals surface area contributed by atoms with Crippen molar-refractivity contribution in [2.75, 3.05) is 5.73 Å². The first-order valence-electron chi connectivity index (χ1n) is 7.77. The molecule has 3 rings (SSSR count). The fraction of sp³-hybridized carbons (Fsp3) is 0. The molecule has 0 aliphatic rings. The Balaban J connectivity index is 1.98. The van der Waals surface area contributed by atoms with Crippen molar-refractivity contribution in [2.24, 2.45) is 5.73 Å². The smallest absolute Gasteiger partial charge is 0.103 e. The first-order valence-corrected chi connectivity index (χ1v) is 8.59. The Morgan fingerprint density at radius 2 is 1.52 bits per heavy atom. The molecule has 0 aliphatic heterocycles. The fourth-order valence-electron chi connectivity index (χ4n) is 2.49. The molecule has 0 bridgehead atoms. The molecule has 0 saturated carbocycles. The predicted molar refractivity (Wildman–Crippen MR) is 105 cm³/mol. The topological polar surface area (TPSA) is 75.8 Å². The lowest BCUT2D eigenvalue weighted by molar-refractivity contribution is 1.44. The molecule has 0 saturated heterocycles. The van der Waals surface area contributed by atoms with Crippen LogP contribution in [0.2, 0.25) is 0 Å². The summed E-state index contributed by atoms with van der Waals surface area (Å²) in [4.78, 5) is 0.840. The third-order valence-electron chi connectivity index (χ3n) is 3.76. The minimum Gasteiger partial charge on any atom is -0.398 e. The Morgan fingerprint density at radius 3 is 2.24 bits per heavy atom. The third-order valence-corrected chi connectivity index (χ3v) is 4.77. The maximum absolute atomic E-state index is 9.63. The molecule has 0 unspecified atom stereocenters. The van der Waals surface area contributed by atoms with E-state index in [9.17, 15) is 5.26 Å². The summed E-state index contributed by atoms with van der Waals surface area (Å²) in [7, 11) is 0. The van der Waals surface area contributed by atoms with Crippen LogP contribution in [0.1, 0.15) is 5.56 Å². The summed E-state index contributed by atoms with van der Waals surface area (Å²) in [6.07, 6.45) is 0. The van der Waals surface area contributed by atoms with E-state index in [4.69, 9.17) is 11.5 Å². The molecule has 0 spiro atoms. The number of nitriles is 1. The van der Waals surface area contributed by atoms with Crippen molar-refractivity contribution in [3.63, 3.8) is 0 Å². The summed E-state index contributed by atoms with van der Waals surface area (Å²) in [6.45, 7) is 0. The summed E-state index contributed by atoms with van der Waals surface area (Å²) in [5.74, 6) is 0. The summed E-state index contributed by atoms with van der Waals surface area (Å²) < 4.78 is 0. The zero-order valence-corrected chi connectivity index (χ0v) is 14.3. The van der Waals surface area contributed by atoms with Crippen LogP contribution in [0, 0.1) is 11.3 Å². The predicted octanol–water partition coefficient (Wildman–Crippen LogP) is 4.88. The minimum atomic E-state index is 0.436. The minimum absolute atomic E-state index is 0.436. The van der Waals surface area contributed by atoms with E-state index in [-0.39, 0.29) is 0 Å². The summed E-state index contributed by atoms with van der Waals surface area (Å²) in [6, 6.07) is 27.6. The Labute approximate surface area is 151 Å². The molecule has 3 aromatic rings. The van der Waals surface area contributed by atoms with Gasteiger partial charge in [0.1, 0.15) is 6.07 Å². The Kier molecular flexibility index (Phi) is 5.08. The van der Waals surface area contributed by atoms with Crippen molar-refractivity contribution >= 4 is 23.0 Å². The van der Waals surface area contributed by atoms with Gasteiger partial charge in [-0.2, -0.15) is 5.26 Å². The van der Waals surface area contributed by atoms with E-state index >= 15 is 0 Å². The number of anilines is 1. The standard InChI is InChI=1S/C21H17N3S/c22-14-18(21(24)25-20-12-5-4-11-19(20)23)17-10-6-9-16(13-17)15-7-2-1-3-8-15/h1-13H,23-24H2/b21-18-. The third kappa shape index (κ3) is 3.85. The first kappa shape index (κ1) is 16.7. The van der Waals surface area contributed by atoms with Gasteiger partial charge in [0.25, 0.3) is 0 Å². The van der Waals surface area contributed by atoms with Crippen LogP contribution in [-0.4, -0.2) is 0 Å². The Hall–Kier alpha value is -3.16. The van der Waals surface area contributed by atoms with Crippen molar-refractivity contribution in [2.45, 2.75) is 4.90 Å². The molecule has 122 valence electrons. The lowest BCUT2D eigenvalue weighted by Gasteiger charge is -2.09. The van der Waals surface area contributed by atoms with Crippen molar-refractivity contribution in [3.05, 3.63) is 89.5 Å². The van der Waals surface area contributed by atoms with E-state index in [0.717, 1.165) is 21.6 Å². The van der Waals surface area contributed by atoms with Gasteiger partial charge >= 0.3 is 0 Å². The van der Waals surface area contributed by atoms with Gasteiger partial charge in [-0.15, -0.1) is 0 Å². The maximum Gasteiger partial charge on any atom is 0.103 e. The van der Waals surface area contributed by atoms with Gasteiger partial charge in [0.15, 0.2) is 0 Å². The van der Waals surface area contributed by atoms with Crippen LogP contribution >= 0.6 is 11.8 Å². The molecule has 25 heavy (non-hydrogen) atoms. The van der Waals surface area contributed by atoms with Gasteiger partial charge in [0, 0.05) is 10.6 Å². The molecule has 4 heteroatoms. The highest BCUT2D eigenvalue weighted by Crippen LogP contribution is 2.33. The second-order valence-electron chi connectivity index (χ2n) is 5.44. The van der Waals surface area contributed by atoms with Crippen LogP contribution in [0.25, 0.3) is 16.7 Å². The lowest BCUT2D eigenvalue weighted by Crippen LogP contribution is -1.99. The SMILES string of the molecule is N#C/C(=C(\N)Sc1ccccc1N)c1cccc(-c2ccccc2)c1. The van der Waals surface area contributed by atoms with Gasteiger partial charge in [-0.3, -0.25) is 0 Å². The van der Waals surface area contributed by atoms with Crippen LogP contribution in [0.4, 0.5) is 5.69 Å². The number of rotatable bonds is 4. The number of nitrogens with two attached hydrogens (primary N) is 2. The molecule has 0 amide bonds. The van der Waals surface area contributed by atoms with Gasteiger partial charge in [0.05, 0.1) is 10.6 Å². The molecular formula is C21H17N3S. The number of benzene rings is 3. The molecule has 0 radical (unpaired) electrons. The van der Waals surface area contributed by atoms with E-state index in [1.54, 1.807) is 0 Å². The number of allylic oxidation sites excluding steroid dienone is 1. The van der Waals surface area contributed by atoms with Gasteiger partial charge in [0.2, 0.25) is 0 Å². The van der Waals surface area contributed by atoms with E-state index in [1.165, 1.54) is 11.8 Å². The second-order valence-corrected chi connectivity index (χ2v) is 6.52. The molecule has 0 atom stereocenters. The number of nitrogen functional groups attached to an aromatic ring is 1. The molecule has 0 fully saturated rings. The van der Waals surface area contributed by atoms with Crippen LogP contribution in [-0.2, 0) is 0 Å². The van der Waals surface area contributed by atoms with Crippen molar-refractivity contribution in [1.29, 1.82) is 5.26 Å². The number of hydrogen-bond acceptors (Lipinski definition) is 4. The van der Waals surface area contributed by atoms with Crippen molar-refractivity contribution in [1.82, 2.24) is 0 Å². The van der Waals surface area contributed by atoms with Crippen LogP contribution in [0.15, 0.2) is 88.8 Å². The van der Waals surface area contributed by atoms with Crippen LogP contribution in [0.3, 0.4) is 0 Å². The normalized spacial score (nSPS) is 11.5. The summed E-state index contributed by atoms with van der Waals surface area (Å²) in [5, 5.41) is 10.1. The van der Waals surface area contributed by atoms with Gasteiger partial charge in [-0.25, -0.2) is 0 Å². The van der Waals surface area contributed by atoms with E-state index in [1.807, 2.05) is 78.9 Å². The van der Waals surface area contributed by atoms with Crippen molar-refractivity contribution < 1.29 is 0 Å². The van der Waals surface area contributed by atoms with Gasteiger partial charge in [-0.1, -0.05) is 72.4 Å². The largest absolute Gasteiger partial charge is 0.398 e. The fourth-order valence-corrected chi connectivity index (χ4v) is 3.32. The molecule has 0 aromatic heterocycles. The second kappa shape index (κ2) is 7.61. The number of thioether (sulfide) groups is 1. The van der Waals surface area contributed by atoms with Crippen LogP contribution < -0.4 is 11.5 Å². The Bertz CT molecular complexity index is 956. The van der Waals surface area contributed by atoms with Crippen LogP contribution in [0.5, 0.6) is 0 Å². The quantitative estimate of drug-likeness (QED) is 0.402. The van der Waals surface area contributed by atoms with Gasteiger partial charge < -0.3 is 11.5 Å². The first-order chi connectivity index (χ1) is 12.2. The van der Waals surface area contributed by atoms with E-state index < -0.39 is 0 Å². The van der Waals surface area contributed by atoms with Crippen molar-refractivity contribution in [3.8, 4) is 17.2 Å². The zero-order chi connectivity index (χ0) is 17.6. The Morgan fingerprint density at radius 1 is 0.840 bits per heavy atom. The van der Waals surface area contributed by atoms with Gasteiger partial charge in [-0.05, 0) is 34.9 Å². The summed E-state index contributed by atoms with van der Waals surface area (Å²) >= 11 is 1.31. The summed E-state index contributed by atoms with van der Waals surface area (Å²) in [5.41, 5.74) is 16.2. The number of para-hydroxylation sites is 1. The maximum atomic E-state index is 9.63. The molecule has 3 aromatic carbocycles. The zero-order valence-electron chi connectivity index (χ0n) is 13.5. The lowest BCUT2D eigenvalue weighted by atomic mass is 10.00.